The summed E-state index contributed by atoms with van der Waals surface area (Å²) in [6.07, 6.45) is 2.99. The Morgan fingerprint density at radius 2 is 2.11 bits per heavy atom. The molecule has 0 saturated heterocycles. The van der Waals surface area contributed by atoms with Gasteiger partial charge in [0.15, 0.2) is 0 Å². The Kier molecular flexibility index (Phi) is 2.56. The van der Waals surface area contributed by atoms with Gasteiger partial charge in [-0.2, -0.15) is 0 Å². The van der Waals surface area contributed by atoms with Crippen LogP contribution in [0.4, 0.5) is 0 Å². The molecule has 1 N–H and O–H groups in total. The first-order valence-electron chi connectivity index (χ1n) is 5.83. The van der Waals surface area contributed by atoms with E-state index in [2.05, 4.69) is 4.98 Å². The van der Waals surface area contributed by atoms with Crippen LogP contribution in [0.3, 0.4) is 0 Å². The second-order valence-corrected chi connectivity index (χ2v) is 4.35. The average molecular weight is 253 g/mol. The largest absolute Gasteiger partial charge is 0.507 e. The Morgan fingerprint density at radius 3 is 2.84 bits per heavy atom. The van der Waals surface area contributed by atoms with E-state index in [4.69, 9.17) is 4.42 Å². The molecule has 0 aliphatic rings. The number of aryl methyl sites for hydroxylation is 1. The number of aromatic nitrogens is 1. The van der Waals surface area contributed by atoms with Crippen molar-refractivity contribution in [2.75, 3.05) is 0 Å². The van der Waals surface area contributed by atoms with Crippen LogP contribution in [0.5, 0.6) is 5.75 Å². The molecule has 2 aromatic heterocycles. The molecule has 3 rings (SSSR count). The zero-order chi connectivity index (χ0) is 13.4. The van der Waals surface area contributed by atoms with Gasteiger partial charge >= 0.3 is 0 Å². The van der Waals surface area contributed by atoms with E-state index in [0.29, 0.717) is 16.8 Å². The zero-order valence-electron chi connectivity index (χ0n) is 10.3. The Bertz CT molecular complexity index is 807. The first-order valence-corrected chi connectivity index (χ1v) is 5.83. The van der Waals surface area contributed by atoms with Crippen molar-refractivity contribution in [3.8, 4) is 17.0 Å². The molecule has 3 aromatic rings. The van der Waals surface area contributed by atoms with Crippen molar-refractivity contribution in [2.24, 2.45) is 0 Å². The SMILES string of the molecule is Cc1cc(O)c2c(=O)c(-c3ccccn3)coc2c1. The maximum Gasteiger partial charge on any atom is 0.205 e. The second-order valence-electron chi connectivity index (χ2n) is 4.35. The molecule has 94 valence electrons. The maximum atomic E-state index is 12.4. The van der Waals surface area contributed by atoms with E-state index >= 15 is 0 Å². The van der Waals surface area contributed by atoms with Crippen LogP contribution in [-0.4, -0.2) is 10.1 Å². The van der Waals surface area contributed by atoms with Gasteiger partial charge in [-0.1, -0.05) is 6.07 Å². The first-order chi connectivity index (χ1) is 9.16. The third kappa shape index (κ3) is 1.87. The summed E-state index contributed by atoms with van der Waals surface area (Å²) in [4.78, 5) is 16.5. The quantitative estimate of drug-likeness (QED) is 0.724. The molecule has 2 heterocycles. The van der Waals surface area contributed by atoms with E-state index in [0.717, 1.165) is 5.56 Å². The number of hydrogen-bond donors (Lipinski definition) is 1. The fraction of sp³-hybridized carbons (Fsp3) is 0.0667. The van der Waals surface area contributed by atoms with Crippen molar-refractivity contribution >= 4 is 11.0 Å². The van der Waals surface area contributed by atoms with Crippen LogP contribution in [0.2, 0.25) is 0 Å². The van der Waals surface area contributed by atoms with Gasteiger partial charge in [-0.05, 0) is 36.8 Å². The predicted molar refractivity (Wildman–Crippen MR) is 72.1 cm³/mol. The van der Waals surface area contributed by atoms with Crippen LogP contribution in [0, 0.1) is 6.92 Å². The van der Waals surface area contributed by atoms with Crippen LogP contribution in [0.1, 0.15) is 5.56 Å². The van der Waals surface area contributed by atoms with Crippen molar-refractivity contribution in [1.29, 1.82) is 0 Å². The number of benzene rings is 1. The highest BCUT2D eigenvalue weighted by Crippen LogP contribution is 2.26. The maximum absolute atomic E-state index is 12.4. The Morgan fingerprint density at radius 1 is 1.26 bits per heavy atom. The van der Waals surface area contributed by atoms with Gasteiger partial charge in [0.1, 0.15) is 23.0 Å². The zero-order valence-corrected chi connectivity index (χ0v) is 10.3. The van der Waals surface area contributed by atoms with Gasteiger partial charge in [0.25, 0.3) is 0 Å². The smallest absolute Gasteiger partial charge is 0.205 e. The number of nitrogens with zero attached hydrogens (tertiary/aromatic N) is 1. The number of aromatic hydroxyl groups is 1. The van der Waals surface area contributed by atoms with Gasteiger partial charge in [0, 0.05) is 6.20 Å². The summed E-state index contributed by atoms with van der Waals surface area (Å²) in [7, 11) is 0. The minimum Gasteiger partial charge on any atom is -0.507 e. The summed E-state index contributed by atoms with van der Waals surface area (Å²) in [6.45, 7) is 1.83. The van der Waals surface area contributed by atoms with Crippen LogP contribution < -0.4 is 5.43 Å². The molecule has 0 aliphatic heterocycles. The van der Waals surface area contributed by atoms with Crippen molar-refractivity contribution < 1.29 is 9.52 Å². The van der Waals surface area contributed by atoms with Crippen molar-refractivity contribution in [2.45, 2.75) is 6.92 Å². The molecule has 19 heavy (non-hydrogen) atoms. The molecule has 0 amide bonds. The molecule has 0 radical (unpaired) electrons. The molecule has 4 nitrogen and oxygen atoms in total. The van der Waals surface area contributed by atoms with E-state index < -0.39 is 0 Å². The van der Waals surface area contributed by atoms with Crippen LogP contribution in [0.25, 0.3) is 22.2 Å². The molecular formula is C15H11NO3. The average Bonchev–Trinajstić information content (AvgIpc) is 2.39. The Balaban J connectivity index is 2.37. The van der Waals surface area contributed by atoms with E-state index in [1.54, 1.807) is 36.5 Å². The summed E-state index contributed by atoms with van der Waals surface area (Å²) < 4.78 is 5.44. The third-order valence-corrected chi connectivity index (χ3v) is 2.94. The molecule has 0 atom stereocenters. The molecule has 0 fully saturated rings. The summed E-state index contributed by atoms with van der Waals surface area (Å²) in [5.74, 6) is -0.0680. The minimum atomic E-state index is -0.280. The molecule has 4 heteroatoms. The van der Waals surface area contributed by atoms with Gasteiger partial charge in [-0.3, -0.25) is 9.78 Å². The standard InChI is InChI=1S/C15H11NO3/c1-9-6-12(17)14-13(7-9)19-8-10(15(14)18)11-4-2-3-5-16-11/h2-8,17H,1H3. The number of hydrogen-bond acceptors (Lipinski definition) is 4. The number of pyridine rings is 1. The monoisotopic (exact) mass is 253 g/mol. The number of phenols is 1. The highest BCUT2D eigenvalue weighted by Gasteiger charge is 2.13. The predicted octanol–water partition coefficient (Wildman–Crippen LogP) is 2.87. The van der Waals surface area contributed by atoms with E-state index in [1.165, 1.54) is 6.26 Å². The number of phenolic OH excluding ortho intramolecular Hbond substituents is 1. The lowest BCUT2D eigenvalue weighted by molar-refractivity contribution is 0.479. The van der Waals surface area contributed by atoms with Gasteiger partial charge < -0.3 is 9.52 Å². The van der Waals surface area contributed by atoms with Crippen molar-refractivity contribution in [1.82, 2.24) is 4.98 Å². The third-order valence-electron chi connectivity index (χ3n) is 2.94. The first kappa shape index (κ1) is 11.5. The molecular weight excluding hydrogens is 242 g/mol. The van der Waals surface area contributed by atoms with Crippen LogP contribution in [-0.2, 0) is 0 Å². The highest BCUT2D eigenvalue weighted by molar-refractivity contribution is 5.86. The Labute approximate surface area is 109 Å². The number of fused-ring (bicyclic) bond motifs is 1. The van der Waals surface area contributed by atoms with Gasteiger partial charge in [0.05, 0.1) is 11.3 Å². The summed E-state index contributed by atoms with van der Waals surface area (Å²) in [6, 6.07) is 8.55. The molecule has 0 spiro atoms. The fourth-order valence-electron chi connectivity index (χ4n) is 2.07. The number of rotatable bonds is 1. The van der Waals surface area contributed by atoms with Crippen LogP contribution in [0.15, 0.2) is 52.0 Å². The van der Waals surface area contributed by atoms with Gasteiger partial charge in [0.2, 0.25) is 5.43 Å². The lowest BCUT2D eigenvalue weighted by atomic mass is 10.1. The van der Waals surface area contributed by atoms with E-state index in [1.807, 2.05) is 6.92 Å². The fourth-order valence-corrected chi connectivity index (χ4v) is 2.07. The molecule has 0 bridgehead atoms. The highest BCUT2D eigenvalue weighted by atomic mass is 16.3. The molecule has 0 aliphatic carbocycles. The normalized spacial score (nSPS) is 10.8. The summed E-state index contributed by atoms with van der Waals surface area (Å²) in [5.41, 5.74) is 1.80. The summed E-state index contributed by atoms with van der Waals surface area (Å²) >= 11 is 0. The minimum absolute atomic E-state index is 0.0680. The molecule has 1 aromatic carbocycles. The van der Waals surface area contributed by atoms with Crippen molar-refractivity contribution in [3.05, 3.63) is 58.6 Å². The summed E-state index contributed by atoms with van der Waals surface area (Å²) in [5, 5.41) is 10.1. The lowest BCUT2D eigenvalue weighted by Crippen LogP contribution is -2.06. The molecule has 0 unspecified atom stereocenters. The lowest BCUT2D eigenvalue weighted by Gasteiger charge is -2.04. The van der Waals surface area contributed by atoms with Crippen LogP contribution >= 0.6 is 0 Å². The topological polar surface area (TPSA) is 63.3 Å². The van der Waals surface area contributed by atoms with Gasteiger partial charge in [-0.15, -0.1) is 0 Å². The van der Waals surface area contributed by atoms with E-state index in [9.17, 15) is 9.90 Å². The van der Waals surface area contributed by atoms with Gasteiger partial charge in [-0.25, -0.2) is 0 Å². The Hall–Kier alpha value is -2.62. The van der Waals surface area contributed by atoms with Crippen molar-refractivity contribution in [3.63, 3.8) is 0 Å². The second kappa shape index (κ2) is 4.24. The molecule has 0 saturated carbocycles. The van der Waals surface area contributed by atoms with E-state index in [-0.39, 0.29) is 16.6 Å².